The van der Waals surface area contributed by atoms with Gasteiger partial charge >= 0.3 is 12.0 Å². The van der Waals surface area contributed by atoms with Crippen LogP contribution >= 0.6 is 11.6 Å². The number of nitrogens with one attached hydrogen (secondary N) is 1. The second-order valence-electron chi connectivity index (χ2n) is 4.38. The number of primary amides is 1. The summed E-state index contributed by atoms with van der Waals surface area (Å²) in [5.74, 6) is -1.07. The number of anilines is 1. The molecule has 2 amide bonds. The first-order valence-electron chi connectivity index (χ1n) is 6.23. The molecule has 2 aromatic carbocycles. The van der Waals surface area contributed by atoms with Crippen LogP contribution in [0.4, 0.5) is 14.9 Å². The fourth-order valence-corrected chi connectivity index (χ4v) is 1.95. The van der Waals surface area contributed by atoms with E-state index in [9.17, 15) is 14.0 Å². The molecule has 0 aliphatic carbocycles. The lowest BCUT2D eigenvalue weighted by Crippen LogP contribution is -2.19. The van der Waals surface area contributed by atoms with Gasteiger partial charge in [-0.25, -0.2) is 14.0 Å². The summed E-state index contributed by atoms with van der Waals surface area (Å²) in [6, 6.07) is 9.19. The van der Waals surface area contributed by atoms with Gasteiger partial charge in [0.05, 0.1) is 10.6 Å². The van der Waals surface area contributed by atoms with Crippen LogP contribution in [0.3, 0.4) is 0 Å². The molecule has 0 spiro atoms. The van der Waals surface area contributed by atoms with Crippen LogP contribution in [0.2, 0.25) is 5.02 Å². The van der Waals surface area contributed by atoms with Gasteiger partial charge in [-0.2, -0.15) is 0 Å². The average Bonchev–Trinajstić information content (AvgIpc) is 2.45. The van der Waals surface area contributed by atoms with Gasteiger partial charge < -0.3 is 15.8 Å². The molecule has 0 aromatic heterocycles. The lowest BCUT2D eigenvalue weighted by molar-refractivity contribution is 0.0473. The lowest BCUT2D eigenvalue weighted by Gasteiger charge is -2.08. The molecule has 3 N–H and O–H groups in total. The number of esters is 1. The summed E-state index contributed by atoms with van der Waals surface area (Å²) in [6.07, 6.45) is 0. The van der Waals surface area contributed by atoms with Gasteiger partial charge in [-0.1, -0.05) is 23.7 Å². The third-order valence-corrected chi connectivity index (χ3v) is 3.09. The van der Waals surface area contributed by atoms with E-state index >= 15 is 0 Å². The molecule has 0 bridgehead atoms. The van der Waals surface area contributed by atoms with Gasteiger partial charge in [0.25, 0.3) is 0 Å². The van der Waals surface area contributed by atoms with Crippen molar-refractivity contribution in [3.05, 3.63) is 64.4 Å². The van der Waals surface area contributed by atoms with Gasteiger partial charge in [-0.05, 0) is 30.3 Å². The van der Waals surface area contributed by atoms with Gasteiger partial charge in [0.1, 0.15) is 12.4 Å². The van der Waals surface area contributed by atoms with Crippen LogP contribution in [0.1, 0.15) is 15.9 Å². The second-order valence-corrected chi connectivity index (χ2v) is 4.79. The standard InChI is InChI=1S/C15H12ClFN2O3/c16-13-7-11(17)5-4-10(13)8-22-14(20)9-2-1-3-12(6-9)19-15(18)21/h1-7H,8H2,(H3,18,19,21). The zero-order valence-corrected chi connectivity index (χ0v) is 12.1. The van der Waals surface area contributed by atoms with Crippen molar-refractivity contribution in [3.63, 3.8) is 0 Å². The van der Waals surface area contributed by atoms with Crippen LogP contribution in [0.5, 0.6) is 0 Å². The monoisotopic (exact) mass is 322 g/mol. The molecule has 0 aliphatic heterocycles. The Hall–Kier alpha value is -2.60. The summed E-state index contributed by atoms with van der Waals surface area (Å²) < 4.78 is 18.0. The van der Waals surface area contributed by atoms with Crippen molar-refractivity contribution in [2.75, 3.05) is 5.32 Å². The van der Waals surface area contributed by atoms with Crippen LogP contribution in [-0.4, -0.2) is 12.0 Å². The molecule has 0 fully saturated rings. The minimum Gasteiger partial charge on any atom is -0.457 e. The van der Waals surface area contributed by atoms with Gasteiger partial charge in [-0.3, -0.25) is 0 Å². The Kier molecular flexibility index (Phi) is 4.95. The van der Waals surface area contributed by atoms with E-state index < -0.39 is 17.8 Å². The molecule has 22 heavy (non-hydrogen) atoms. The Morgan fingerprint density at radius 2 is 2.00 bits per heavy atom. The van der Waals surface area contributed by atoms with Gasteiger partial charge in [0.15, 0.2) is 0 Å². The van der Waals surface area contributed by atoms with E-state index in [-0.39, 0.29) is 17.2 Å². The number of urea groups is 1. The largest absolute Gasteiger partial charge is 0.457 e. The van der Waals surface area contributed by atoms with E-state index in [0.29, 0.717) is 11.3 Å². The number of benzene rings is 2. The smallest absolute Gasteiger partial charge is 0.338 e. The van der Waals surface area contributed by atoms with Crippen molar-refractivity contribution in [2.24, 2.45) is 5.73 Å². The van der Waals surface area contributed by atoms with E-state index in [1.165, 1.54) is 24.3 Å². The fourth-order valence-electron chi connectivity index (χ4n) is 1.73. The number of hydrogen-bond donors (Lipinski definition) is 2. The van der Waals surface area contributed by atoms with Crippen LogP contribution in [0.15, 0.2) is 42.5 Å². The first-order valence-corrected chi connectivity index (χ1v) is 6.61. The number of hydrogen-bond acceptors (Lipinski definition) is 3. The highest BCUT2D eigenvalue weighted by Gasteiger charge is 2.10. The Morgan fingerprint density at radius 1 is 1.23 bits per heavy atom. The van der Waals surface area contributed by atoms with E-state index in [0.717, 1.165) is 6.07 Å². The zero-order valence-electron chi connectivity index (χ0n) is 11.3. The summed E-state index contributed by atoms with van der Waals surface area (Å²) in [6.45, 7) is -0.0918. The Labute approximate surface area is 130 Å². The minimum absolute atomic E-state index is 0.0918. The summed E-state index contributed by atoms with van der Waals surface area (Å²) in [7, 11) is 0. The molecule has 2 rings (SSSR count). The van der Waals surface area contributed by atoms with Crippen molar-refractivity contribution in [1.29, 1.82) is 0 Å². The van der Waals surface area contributed by atoms with Crippen molar-refractivity contribution >= 4 is 29.3 Å². The van der Waals surface area contributed by atoms with Gasteiger partial charge in [-0.15, -0.1) is 0 Å². The summed E-state index contributed by atoms with van der Waals surface area (Å²) in [5.41, 5.74) is 6.11. The van der Waals surface area contributed by atoms with Crippen molar-refractivity contribution in [3.8, 4) is 0 Å². The molecule has 5 nitrogen and oxygen atoms in total. The molecule has 0 saturated heterocycles. The van der Waals surface area contributed by atoms with Crippen LogP contribution in [0, 0.1) is 5.82 Å². The maximum atomic E-state index is 12.9. The normalized spacial score (nSPS) is 10.1. The summed E-state index contributed by atoms with van der Waals surface area (Å²) >= 11 is 5.85. The molecule has 2 aromatic rings. The van der Waals surface area contributed by atoms with Crippen LogP contribution < -0.4 is 11.1 Å². The predicted octanol–water partition coefficient (Wildman–Crippen LogP) is 3.33. The van der Waals surface area contributed by atoms with E-state index in [2.05, 4.69) is 5.32 Å². The number of halogens is 2. The number of carbonyl (C=O) groups excluding carboxylic acids is 2. The molecule has 0 heterocycles. The Bertz CT molecular complexity index is 722. The van der Waals surface area contributed by atoms with E-state index in [4.69, 9.17) is 22.1 Å². The Balaban J connectivity index is 2.04. The molecule has 0 radical (unpaired) electrons. The molecule has 0 unspecified atom stereocenters. The highest BCUT2D eigenvalue weighted by Crippen LogP contribution is 2.19. The number of nitrogens with two attached hydrogens (primary N) is 1. The molecule has 7 heteroatoms. The van der Waals surface area contributed by atoms with Gasteiger partial charge in [0.2, 0.25) is 0 Å². The number of carbonyl (C=O) groups is 2. The third kappa shape index (κ3) is 4.20. The molecular weight excluding hydrogens is 311 g/mol. The summed E-state index contributed by atoms with van der Waals surface area (Å²) in [4.78, 5) is 22.7. The highest BCUT2D eigenvalue weighted by atomic mass is 35.5. The topological polar surface area (TPSA) is 81.4 Å². The lowest BCUT2D eigenvalue weighted by atomic mass is 10.2. The van der Waals surface area contributed by atoms with Gasteiger partial charge in [0, 0.05) is 11.3 Å². The maximum absolute atomic E-state index is 12.9. The third-order valence-electron chi connectivity index (χ3n) is 2.74. The second kappa shape index (κ2) is 6.91. The van der Waals surface area contributed by atoms with E-state index in [1.54, 1.807) is 12.1 Å². The summed E-state index contributed by atoms with van der Waals surface area (Å²) in [5, 5.41) is 2.54. The fraction of sp³-hybridized carbons (Fsp3) is 0.0667. The minimum atomic E-state index is -0.733. The van der Waals surface area contributed by atoms with Crippen molar-refractivity contribution < 1.29 is 18.7 Å². The van der Waals surface area contributed by atoms with Crippen molar-refractivity contribution in [1.82, 2.24) is 0 Å². The molecule has 0 saturated carbocycles. The maximum Gasteiger partial charge on any atom is 0.338 e. The first kappa shape index (κ1) is 15.8. The molecule has 0 atom stereocenters. The van der Waals surface area contributed by atoms with Crippen LogP contribution in [0.25, 0.3) is 0 Å². The molecular formula is C15H12ClFN2O3. The highest BCUT2D eigenvalue weighted by molar-refractivity contribution is 6.31. The van der Waals surface area contributed by atoms with E-state index in [1.807, 2.05) is 0 Å². The first-order chi connectivity index (χ1) is 10.5. The van der Waals surface area contributed by atoms with Crippen molar-refractivity contribution in [2.45, 2.75) is 6.61 Å². The molecule has 114 valence electrons. The quantitative estimate of drug-likeness (QED) is 0.847. The SMILES string of the molecule is NC(=O)Nc1cccc(C(=O)OCc2ccc(F)cc2Cl)c1. The predicted molar refractivity (Wildman–Crippen MR) is 80.2 cm³/mol. The number of ether oxygens (including phenoxy) is 1. The zero-order chi connectivity index (χ0) is 16.1. The number of amides is 2. The molecule has 0 aliphatic rings. The van der Waals surface area contributed by atoms with Crippen LogP contribution in [-0.2, 0) is 11.3 Å². The average molecular weight is 323 g/mol. The number of rotatable bonds is 4. The Morgan fingerprint density at radius 3 is 2.68 bits per heavy atom.